The molecule has 3 aromatic carbocycles. The molecule has 8 heteroatoms. The summed E-state index contributed by atoms with van der Waals surface area (Å²) in [7, 11) is 1.58. The van der Waals surface area contributed by atoms with E-state index in [0.29, 0.717) is 38.6 Å². The number of nitrogens with one attached hydrogen (secondary N) is 2. The van der Waals surface area contributed by atoms with Crippen LogP contribution in [0.5, 0.6) is 17.2 Å². The molecule has 0 aliphatic rings. The first kappa shape index (κ1) is 21.3. The van der Waals surface area contributed by atoms with Gasteiger partial charge in [-0.2, -0.15) is 0 Å². The standard InChI is InChI=1S/C24H21N3O4S/c1-30-20-8-4-5-9-21(20)31-17-12-10-16(11-13-17)25-22(28)14-15-27-23(29)18-6-2-3-7-19(18)26-24(27)32/h2-13H,14-15H2,1H3,(H,25,28)(H,26,32). The number of hydrogen-bond acceptors (Lipinski definition) is 5. The fourth-order valence-corrected chi connectivity index (χ4v) is 3.56. The van der Waals surface area contributed by atoms with Crippen LogP contribution in [0.25, 0.3) is 10.9 Å². The molecule has 4 rings (SSSR count). The van der Waals surface area contributed by atoms with Crippen molar-refractivity contribution in [2.45, 2.75) is 13.0 Å². The monoisotopic (exact) mass is 447 g/mol. The zero-order chi connectivity index (χ0) is 22.5. The third-order valence-corrected chi connectivity index (χ3v) is 5.21. The first-order chi connectivity index (χ1) is 15.5. The molecule has 1 aromatic heterocycles. The number of H-pyrrole nitrogens is 1. The minimum absolute atomic E-state index is 0.106. The Balaban J connectivity index is 1.39. The maximum Gasteiger partial charge on any atom is 0.262 e. The number of rotatable bonds is 7. The predicted octanol–water partition coefficient (Wildman–Crippen LogP) is 4.89. The molecule has 2 N–H and O–H groups in total. The van der Waals surface area contributed by atoms with E-state index in [1.807, 2.05) is 30.3 Å². The van der Waals surface area contributed by atoms with Crippen molar-refractivity contribution in [1.29, 1.82) is 0 Å². The summed E-state index contributed by atoms with van der Waals surface area (Å²) < 4.78 is 12.8. The molecule has 7 nitrogen and oxygen atoms in total. The lowest BCUT2D eigenvalue weighted by molar-refractivity contribution is -0.116. The number of fused-ring (bicyclic) bond motifs is 1. The Kier molecular flexibility index (Phi) is 6.32. The van der Waals surface area contributed by atoms with Gasteiger partial charge in [-0.15, -0.1) is 0 Å². The average molecular weight is 448 g/mol. The van der Waals surface area contributed by atoms with E-state index in [2.05, 4.69) is 10.3 Å². The van der Waals surface area contributed by atoms with Crippen LogP contribution in [0.3, 0.4) is 0 Å². The fourth-order valence-electron chi connectivity index (χ4n) is 3.28. The summed E-state index contributed by atoms with van der Waals surface area (Å²) >= 11 is 5.29. The van der Waals surface area contributed by atoms with Crippen LogP contribution < -0.4 is 20.3 Å². The van der Waals surface area contributed by atoms with Crippen molar-refractivity contribution in [2.24, 2.45) is 0 Å². The maximum absolute atomic E-state index is 12.7. The molecule has 0 spiro atoms. The SMILES string of the molecule is COc1ccccc1Oc1ccc(NC(=O)CCn2c(=S)[nH]c3ccccc3c2=O)cc1. The Morgan fingerprint density at radius 1 is 1.00 bits per heavy atom. The number of carbonyl (C=O) groups excluding carboxylic acids is 1. The molecule has 0 aliphatic carbocycles. The first-order valence-electron chi connectivity index (χ1n) is 9.98. The average Bonchev–Trinajstić information content (AvgIpc) is 2.80. The Hall–Kier alpha value is -3.91. The molecule has 1 heterocycles. The van der Waals surface area contributed by atoms with Crippen LogP contribution in [-0.2, 0) is 11.3 Å². The molecular formula is C24H21N3O4S. The number of anilines is 1. The summed E-state index contributed by atoms with van der Waals surface area (Å²) in [6, 6.07) is 21.5. The molecule has 0 fully saturated rings. The molecule has 0 saturated carbocycles. The lowest BCUT2D eigenvalue weighted by atomic mass is 10.2. The fraction of sp³-hybridized carbons (Fsp3) is 0.125. The molecule has 0 radical (unpaired) electrons. The lowest BCUT2D eigenvalue weighted by Crippen LogP contribution is -2.25. The molecular weight excluding hydrogens is 426 g/mol. The van der Waals surface area contributed by atoms with E-state index < -0.39 is 0 Å². The zero-order valence-electron chi connectivity index (χ0n) is 17.3. The van der Waals surface area contributed by atoms with Crippen molar-refractivity contribution in [3.05, 3.63) is 87.9 Å². The summed E-state index contributed by atoms with van der Waals surface area (Å²) in [5, 5.41) is 3.36. The molecule has 4 aromatic rings. The highest BCUT2D eigenvalue weighted by Gasteiger charge is 2.09. The van der Waals surface area contributed by atoms with E-state index in [1.165, 1.54) is 4.57 Å². The van der Waals surface area contributed by atoms with E-state index in [4.69, 9.17) is 21.7 Å². The Bertz CT molecular complexity index is 1380. The highest BCUT2D eigenvalue weighted by molar-refractivity contribution is 7.71. The number of hydrogen-bond donors (Lipinski definition) is 2. The van der Waals surface area contributed by atoms with Crippen LogP contribution in [-0.4, -0.2) is 22.6 Å². The number of amides is 1. The van der Waals surface area contributed by atoms with Crippen molar-refractivity contribution in [3.8, 4) is 17.2 Å². The number of benzene rings is 3. The van der Waals surface area contributed by atoms with Crippen molar-refractivity contribution >= 4 is 34.7 Å². The van der Waals surface area contributed by atoms with Crippen molar-refractivity contribution in [2.75, 3.05) is 12.4 Å². The number of nitrogens with zero attached hydrogens (tertiary/aromatic N) is 1. The number of methoxy groups -OCH3 is 1. The normalized spacial score (nSPS) is 10.7. The minimum Gasteiger partial charge on any atom is -0.493 e. The van der Waals surface area contributed by atoms with Gasteiger partial charge in [0.2, 0.25) is 5.91 Å². The summed E-state index contributed by atoms with van der Waals surface area (Å²) in [6.07, 6.45) is 0.106. The first-order valence-corrected chi connectivity index (χ1v) is 10.4. The molecule has 0 atom stereocenters. The topological polar surface area (TPSA) is 85.3 Å². The third kappa shape index (κ3) is 4.70. The maximum atomic E-state index is 12.7. The van der Waals surface area contributed by atoms with Gasteiger partial charge in [0.1, 0.15) is 5.75 Å². The number of ether oxygens (including phenoxy) is 2. The number of carbonyl (C=O) groups is 1. The third-order valence-electron chi connectivity index (χ3n) is 4.89. The van der Waals surface area contributed by atoms with Gasteiger partial charge < -0.3 is 19.8 Å². The smallest absolute Gasteiger partial charge is 0.262 e. The molecule has 162 valence electrons. The molecule has 0 saturated heterocycles. The zero-order valence-corrected chi connectivity index (χ0v) is 18.1. The van der Waals surface area contributed by atoms with Gasteiger partial charge in [-0.3, -0.25) is 14.2 Å². The van der Waals surface area contributed by atoms with Crippen molar-refractivity contribution < 1.29 is 14.3 Å². The van der Waals surface area contributed by atoms with Gasteiger partial charge in [0.05, 0.1) is 18.0 Å². The summed E-state index contributed by atoms with van der Waals surface area (Å²) in [5.41, 5.74) is 1.09. The van der Waals surface area contributed by atoms with Crippen LogP contribution in [0, 0.1) is 4.77 Å². The van der Waals surface area contributed by atoms with E-state index in [-0.39, 0.29) is 24.4 Å². The van der Waals surface area contributed by atoms with Crippen molar-refractivity contribution in [3.63, 3.8) is 0 Å². The Labute approximate surface area is 189 Å². The van der Waals surface area contributed by atoms with Gasteiger partial charge in [0.15, 0.2) is 16.3 Å². The summed E-state index contributed by atoms with van der Waals surface area (Å²) in [6.45, 7) is 0.180. The van der Waals surface area contributed by atoms with Gasteiger partial charge in [-0.05, 0) is 60.7 Å². The van der Waals surface area contributed by atoms with E-state index in [1.54, 1.807) is 49.6 Å². The Morgan fingerprint density at radius 2 is 1.69 bits per heavy atom. The van der Waals surface area contributed by atoms with Crippen LogP contribution in [0.1, 0.15) is 6.42 Å². The Morgan fingerprint density at radius 3 is 2.44 bits per heavy atom. The summed E-state index contributed by atoms with van der Waals surface area (Å²) in [4.78, 5) is 28.1. The molecule has 0 unspecified atom stereocenters. The highest BCUT2D eigenvalue weighted by Crippen LogP contribution is 2.31. The van der Waals surface area contributed by atoms with Gasteiger partial charge in [-0.25, -0.2) is 0 Å². The second-order valence-electron chi connectivity index (χ2n) is 7.01. The van der Waals surface area contributed by atoms with Gasteiger partial charge in [0.25, 0.3) is 5.56 Å². The van der Waals surface area contributed by atoms with Gasteiger partial charge in [0, 0.05) is 18.7 Å². The second-order valence-corrected chi connectivity index (χ2v) is 7.39. The van der Waals surface area contributed by atoms with E-state index in [0.717, 1.165) is 0 Å². The summed E-state index contributed by atoms with van der Waals surface area (Å²) in [5.74, 6) is 1.62. The van der Waals surface area contributed by atoms with E-state index >= 15 is 0 Å². The molecule has 0 bridgehead atoms. The van der Waals surface area contributed by atoms with Gasteiger partial charge in [-0.1, -0.05) is 24.3 Å². The molecule has 32 heavy (non-hydrogen) atoms. The number of aromatic nitrogens is 2. The minimum atomic E-state index is -0.224. The number of aromatic amines is 1. The number of para-hydroxylation sites is 3. The van der Waals surface area contributed by atoms with E-state index in [9.17, 15) is 9.59 Å². The quantitative estimate of drug-likeness (QED) is 0.394. The van der Waals surface area contributed by atoms with Gasteiger partial charge >= 0.3 is 0 Å². The highest BCUT2D eigenvalue weighted by atomic mass is 32.1. The van der Waals surface area contributed by atoms with Crippen LogP contribution in [0.15, 0.2) is 77.6 Å². The molecule has 0 aliphatic heterocycles. The van der Waals surface area contributed by atoms with Crippen LogP contribution >= 0.6 is 12.2 Å². The molecule has 1 amide bonds. The lowest BCUT2D eigenvalue weighted by Gasteiger charge is -2.11. The van der Waals surface area contributed by atoms with Crippen LogP contribution in [0.4, 0.5) is 5.69 Å². The second kappa shape index (κ2) is 9.49. The predicted molar refractivity (Wildman–Crippen MR) is 126 cm³/mol. The largest absolute Gasteiger partial charge is 0.493 e. The van der Waals surface area contributed by atoms with Crippen LogP contribution in [0.2, 0.25) is 0 Å². The van der Waals surface area contributed by atoms with Crippen molar-refractivity contribution in [1.82, 2.24) is 9.55 Å².